The van der Waals surface area contributed by atoms with Crippen molar-refractivity contribution in [2.24, 2.45) is 0 Å². The number of aryl methyl sites for hydroxylation is 1. The molecule has 0 bridgehead atoms. The Morgan fingerprint density at radius 2 is 1.23 bits per heavy atom. The number of carbonyl (C=O) groups is 3. The number of carbonyl (C=O) groups excluding carboxylic acids is 3. The second-order valence-corrected chi connectivity index (χ2v) is 10.1. The number of likely N-dealkylation sites (tertiary alicyclic amines) is 1. The number of methoxy groups -OCH3 is 6. The van der Waals surface area contributed by atoms with Crippen LogP contribution >= 0.6 is 0 Å². The molecule has 236 valence electrons. The number of ether oxygens (including phenoxy) is 7. The van der Waals surface area contributed by atoms with Crippen molar-refractivity contribution in [1.29, 1.82) is 0 Å². The molecule has 3 rings (SSSR count). The average molecular weight is 602 g/mol. The molecule has 1 aliphatic heterocycles. The van der Waals surface area contributed by atoms with Crippen LogP contribution in [-0.4, -0.2) is 84.4 Å². The molecular formula is C32H43NO10. The minimum absolute atomic E-state index is 0.0868. The highest BCUT2D eigenvalue weighted by Gasteiger charge is 2.37. The van der Waals surface area contributed by atoms with Gasteiger partial charge in [-0.05, 0) is 68.4 Å². The molecule has 0 spiro atoms. The average Bonchev–Trinajstić information content (AvgIpc) is 3.05. The Hall–Kier alpha value is -4.15. The summed E-state index contributed by atoms with van der Waals surface area (Å²) in [5.41, 5.74) is 1.17. The maximum atomic E-state index is 13.3. The van der Waals surface area contributed by atoms with Crippen LogP contribution in [0.2, 0.25) is 0 Å². The third-order valence-corrected chi connectivity index (χ3v) is 7.49. The fourth-order valence-corrected chi connectivity index (χ4v) is 5.22. The van der Waals surface area contributed by atoms with Gasteiger partial charge in [-0.2, -0.15) is 0 Å². The highest BCUT2D eigenvalue weighted by atomic mass is 16.5. The first-order chi connectivity index (χ1) is 20.8. The van der Waals surface area contributed by atoms with Crippen molar-refractivity contribution in [1.82, 2.24) is 4.90 Å². The van der Waals surface area contributed by atoms with Crippen molar-refractivity contribution >= 4 is 17.7 Å². The number of hydrogen-bond donors (Lipinski definition) is 0. The molecule has 0 aromatic heterocycles. The van der Waals surface area contributed by atoms with E-state index in [0.29, 0.717) is 48.8 Å². The van der Waals surface area contributed by atoms with E-state index in [-0.39, 0.29) is 23.7 Å². The number of Topliss-reactive ketones (excluding diaryl/α,β-unsaturated/α-hetero) is 1. The summed E-state index contributed by atoms with van der Waals surface area (Å²) >= 11 is 0. The zero-order valence-corrected chi connectivity index (χ0v) is 26.0. The zero-order valence-electron chi connectivity index (χ0n) is 26.0. The van der Waals surface area contributed by atoms with E-state index in [1.807, 2.05) is 12.1 Å². The van der Waals surface area contributed by atoms with Gasteiger partial charge in [0.15, 0.2) is 23.0 Å². The quantitative estimate of drug-likeness (QED) is 0.116. The number of esters is 1. The molecule has 1 atom stereocenters. The van der Waals surface area contributed by atoms with Crippen LogP contribution < -0.4 is 28.4 Å². The number of ketones is 1. The lowest BCUT2D eigenvalue weighted by Crippen LogP contribution is -2.51. The highest BCUT2D eigenvalue weighted by Crippen LogP contribution is 2.39. The molecule has 11 nitrogen and oxygen atoms in total. The van der Waals surface area contributed by atoms with Gasteiger partial charge in [-0.1, -0.05) is 12.8 Å². The van der Waals surface area contributed by atoms with Crippen LogP contribution in [0.4, 0.5) is 0 Å². The molecule has 1 heterocycles. The smallest absolute Gasteiger partial charge is 0.328 e. The number of rotatable bonds is 16. The van der Waals surface area contributed by atoms with Gasteiger partial charge in [0.2, 0.25) is 11.5 Å². The van der Waals surface area contributed by atoms with E-state index in [9.17, 15) is 14.4 Å². The third-order valence-electron chi connectivity index (χ3n) is 7.49. The van der Waals surface area contributed by atoms with Gasteiger partial charge in [0.1, 0.15) is 6.04 Å². The van der Waals surface area contributed by atoms with E-state index in [2.05, 4.69) is 0 Å². The largest absolute Gasteiger partial charge is 0.493 e. The van der Waals surface area contributed by atoms with Crippen LogP contribution in [-0.2, 0) is 20.7 Å². The molecular weight excluding hydrogens is 558 g/mol. The second kappa shape index (κ2) is 16.5. The summed E-state index contributed by atoms with van der Waals surface area (Å²) in [6.45, 7) is 0.554. The molecule has 2 aromatic carbocycles. The molecule has 1 amide bonds. The van der Waals surface area contributed by atoms with Crippen molar-refractivity contribution in [3.8, 4) is 34.5 Å². The van der Waals surface area contributed by atoms with Crippen molar-refractivity contribution in [2.75, 3.05) is 55.8 Å². The summed E-state index contributed by atoms with van der Waals surface area (Å²) in [5, 5.41) is 0. The van der Waals surface area contributed by atoms with Crippen molar-refractivity contribution in [2.45, 2.75) is 57.4 Å². The van der Waals surface area contributed by atoms with Gasteiger partial charge in [0.05, 0.1) is 49.3 Å². The summed E-state index contributed by atoms with van der Waals surface area (Å²) in [5.74, 6) is 0.659. The summed E-state index contributed by atoms with van der Waals surface area (Å²) in [7, 11) is 9.08. The molecule has 43 heavy (non-hydrogen) atoms. The zero-order chi connectivity index (χ0) is 31.4. The molecule has 0 radical (unpaired) electrons. The fraction of sp³-hybridized carbons (Fsp3) is 0.531. The molecule has 0 unspecified atom stereocenters. The number of piperidine rings is 1. The molecule has 2 aromatic rings. The number of amides is 1. The van der Waals surface area contributed by atoms with Gasteiger partial charge in [0, 0.05) is 12.1 Å². The van der Waals surface area contributed by atoms with E-state index >= 15 is 0 Å². The van der Waals surface area contributed by atoms with Gasteiger partial charge in [0.25, 0.3) is 11.7 Å². The van der Waals surface area contributed by atoms with E-state index < -0.39 is 23.7 Å². The maximum Gasteiger partial charge on any atom is 0.328 e. The summed E-state index contributed by atoms with van der Waals surface area (Å²) in [4.78, 5) is 40.8. The normalized spacial score (nSPS) is 14.5. The third kappa shape index (κ3) is 8.24. The molecule has 1 saturated heterocycles. The summed E-state index contributed by atoms with van der Waals surface area (Å²) in [6, 6.07) is 5.97. The van der Waals surface area contributed by atoms with Gasteiger partial charge in [-0.25, -0.2) is 4.79 Å². The fourth-order valence-electron chi connectivity index (χ4n) is 5.22. The Morgan fingerprint density at radius 1 is 0.698 bits per heavy atom. The predicted octanol–water partition coefficient (Wildman–Crippen LogP) is 4.65. The van der Waals surface area contributed by atoms with Gasteiger partial charge in [-0.3, -0.25) is 9.59 Å². The lowest BCUT2D eigenvalue weighted by Gasteiger charge is -2.33. The number of hydrogen-bond acceptors (Lipinski definition) is 10. The van der Waals surface area contributed by atoms with Gasteiger partial charge < -0.3 is 38.1 Å². The van der Waals surface area contributed by atoms with Crippen molar-refractivity contribution in [3.63, 3.8) is 0 Å². The van der Waals surface area contributed by atoms with Crippen LogP contribution in [0.5, 0.6) is 34.5 Å². The number of benzene rings is 2. The Kier molecular flexibility index (Phi) is 12.8. The van der Waals surface area contributed by atoms with E-state index in [0.717, 1.165) is 37.7 Å². The van der Waals surface area contributed by atoms with Crippen molar-refractivity contribution < 1.29 is 47.5 Å². The molecule has 1 fully saturated rings. The molecule has 1 aliphatic rings. The van der Waals surface area contributed by atoms with E-state index in [4.69, 9.17) is 33.2 Å². The standard InChI is InChI=1S/C32H43NO10/c1-37-24-17-21(18-25(38-2)29(24)41-5)13-9-7-8-12-16-43-32(36)23-14-10-11-15-33(23)31(35)28(34)22-19-26(39-3)30(42-6)27(20-22)40-4/h17-20,23H,7-16H2,1-6H3/t23-/m0/s1. The highest BCUT2D eigenvalue weighted by molar-refractivity contribution is 6.43. The first kappa shape index (κ1) is 33.4. The molecule has 11 heteroatoms. The molecule has 0 saturated carbocycles. The van der Waals surface area contributed by atoms with Crippen LogP contribution in [0.25, 0.3) is 0 Å². The van der Waals surface area contributed by atoms with Crippen LogP contribution in [0.3, 0.4) is 0 Å². The Balaban J connectivity index is 1.51. The first-order valence-corrected chi connectivity index (χ1v) is 14.4. The number of nitrogens with zero attached hydrogens (tertiary/aromatic N) is 1. The van der Waals surface area contributed by atoms with Crippen LogP contribution in [0.1, 0.15) is 60.9 Å². The van der Waals surface area contributed by atoms with Crippen LogP contribution in [0, 0.1) is 0 Å². The molecule has 0 N–H and O–H groups in total. The maximum absolute atomic E-state index is 13.3. The lowest BCUT2D eigenvalue weighted by molar-refractivity contribution is -0.155. The lowest BCUT2D eigenvalue weighted by atomic mass is 10.00. The number of unbranched alkanes of at least 4 members (excludes halogenated alkanes) is 3. The Bertz CT molecular complexity index is 1210. The second-order valence-electron chi connectivity index (χ2n) is 10.1. The van der Waals surface area contributed by atoms with Gasteiger partial charge >= 0.3 is 5.97 Å². The summed E-state index contributed by atoms with van der Waals surface area (Å²) < 4.78 is 37.7. The first-order valence-electron chi connectivity index (χ1n) is 14.4. The monoisotopic (exact) mass is 601 g/mol. The van der Waals surface area contributed by atoms with Crippen molar-refractivity contribution in [3.05, 3.63) is 35.4 Å². The predicted molar refractivity (Wildman–Crippen MR) is 159 cm³/mol. The Labute approximate surface area is 253 Å². The molecule has 0 aliphatic carbocycles. The van der Waals surface area contributed by atoms with E-state index in [1.165, 1.54) is 38.4 Å². The topological polar surface area (TPSA) is 119 Å². The van der Waals surface area contributed by atoms with Crippen LogP contribution in [0.15, 0.2) is 24.3 Å². The summed E-state index contributed by atoms with van der Waals surface area (Å²) in [6.07, 6.45) is 6.23. The van der Waals surface area contributed by atoms with Gasteiger partial charge in [-0.15, -0.1) is 0 Å². The SMILES string of the molecule is COc1cc(CCCCCCOC(=O)[C@@H]2CCCCN2C(=O)C(=O)c2cc(OC)c(OC)c(OC)c2)cc(OC)c1OC. The minimum atomic E-state index is -0.799. The van der Waals surface area contributed by atoms with E-state index in [1.54, 1.807) is 21.3 Å². The minimum Gasteiger partial charge on any atom is -0.493 e. The Morgan fingerprint density at radius 3 is 1.77 bits per heavy atom.